The van der Waals surface area contributed by atoms with Gasteiger partial charge in [-0.1, -0.05) is 0 Å². The normalized spacial score (nSPS) is 10.8. The second kappa shape index (κ2) is 5.66. The van der Waals surface area contributed by atoms with E-state index >= 15 is 0 Å². The first-order valence-corrected chi connectivity index (χ1v) is 7.86. The van der Waals surface area contributed by atoms with Crippen LogP contribution in [0, 0.1) is 0 Å². The number of carbonyl (C=O) groups is 1. The van der Waals surface area contributed by atoms with Crippen molar-refractivity contribution in [3.05, 3.63) is 65.9 Å². The topological polar surface area (TPSA) is 70.7 Å². The van der Waals surface area contributed by atoms with Crippen molar-refractivity contribution in [2.24, 2.45) is 0 Å². The van der Waals surface area contributed by atoms with E-state index in [1.54, 1.807) is 18.6 Å². The first kappa shape index (κ1) is 13.7. The third-order valence-corrected chi connectivity index (χ3v) is 4.63. The molecule has 3 aromatic heterocycles. The van der Waals surface area contributed by atoms with Gasteiger partial charge >= 0.3 is 0 Å². The summed E-state index contributed by atoms with van der Waals surface area (Å²) in [5.41, 5.74) is 2.76. The van der Waals surface area contributed by atoms with Gasteiger partial charge < -0.3 is 5.32 Å². The van der Waals surface area contributed by atoms with Crippen LogP contribution in [0.4, 0.5) is 5.69 Å². The minimum atomic E-state index is -0.113. The van der Waals surface area contributed by atoms with Crippen LogP contribution < -0.4 is 5.32 Å². The fraction of sp³-hybridized carbons (Fsp3) is 0. The number of aromatic nitrogens is 3. The zero-order chi connectivity index (χ0) is 15.6. The summed E-state index contributed by atoms with van der Waals surface area (Å²) in [5, 5.41) is 10.8. The number of H-pyrrole nitrogens is 1. The van der Waals surface area contributed by atoms with Crippen molar-refractivity contribution < 1.29 is 4.79 Å². The summed E-state index contributed by atoms with van der Waals surface area (Å²) in [6.45, 7) is 0. The van der Waals surface area contributed by atoms with Crippen LogP contribution in [0.1, 0.15) is 9.67 Å². The van der Waals surface area contributed by atoms with Crippen molar-refractivity contribution in [2.45, 2.75) is 0 Å². The van der Waals surface area contributed by atoms with Crippen molar-refractivity contribution in [3.8, 4) is 10.4 Å². The predicted molar refractivity (Wildman–Crippen MR) is 91.6 cm³/mol. The number of nitrogens with one attached hydrogen (secondary N) is 2. The molecular weight excluding hydrogens is 308 g/mol. The lowest BCUT2D eigenvalue weighted by Crippen LogP contribution is -2.09. The van der Waals surface area contributed by atoms with Gasteiger partial charge in [0.2, 0.25) is 0 Å². The maximum atomic E-state index is 12.4. The van der Waals surface area contributed by atoms with Gasteiger partial charge in [0.05, 0.1) is 16.6 Å². The number of benzene rings is 1. The smallest absolute Gasteiger partial charge is 0.265 e. The summed E-state index contributed by atoms with van der Waals surface area (Å²) in [6.07, 6.45) is 5.22. The van der Waals surface area contributed by atoms with Gasteiger partial charge in [0.25, 0.3) is 5.91 Å². The molecule has 6 heteroatoms. The predicted octanol–water partition coefficient (Wildman–Crippen LogP) is 3.94. The standard InChI is InChI=1S/C17H12N4OS/c22-17(20-13-1-2-14-12(9-13)10-19-21-14)16-4-3-15(23-16)11-5-7-18-8-6-11/h1-10H,(H,19,21)(H,20,22). The van der Waals surface area contributed by atoms with E-state index in [-0.39, 0.29) is 5.91 Å². The summed E-state index contributed by atoms with van der Waals surface area (Å²) in [7, 11) is 0. The molecule has 1 amide bonds. The van der Waals surface area contributed by atoms with Crippen LogP contribution in [-0.4, -0.2) is 21.1 Å². The summed E-state index contributed by atoms with van der Waals surface area (Å²) >= 11 is 1.46. The van der Waals surface area contributed by atoms with Gasteiger partial charge in [-0.3, -0.25) is 14.9 Å². The molecule has 0 atom stereocenters. The third kappa shape index (κ3) is 2.72. The maximum Gasteiger partial charge on any atom is 0.265 e. The van der Waals surface area contributed by atoms with Crippen LogP contribution in [0.5, 0.6) is 0 Å². The molecule has 4 rings (SSSR count). The van der Waals surface area contributed by atoms with Gasteiger partial charge in [0.1, 0.15) is 0 Å². The second-order valence-corrected chi connectivity index (χ2v) is 6.11. The molecule has 4 aromatic rings. The van der Waals surface area contributed by atoms with E-state index in [9.17, 15) is 4.79 Å². The molecule has 0 saturated carbocycles. The van der Waals surface area contributed by atoms with E-state index in [4.69, 9.17) is 0 Å². The molecule has 0 unspecified atom stereocenters. The van der Waals surface area contributed by atoms with Crippen LogP contribution >= 0.6 is 11.3 Å². The molecule has 2 N–H and O–H groups in total. The lowest BCUT2D eigenvalue weighted by atomic mass is 10.2. The number of carbonyl (C=O) groups excluding carboxylic acids is 1. The number of thiophene rings is 1. The van der Waals surface area contributed by atoms with Crippen LogP contribution in [0.3, 0.4) is 0 Å². The van der Waals surface area contributed by atoms with Crippen LogP contribution in [0.15, 0.2) is 61.1 Å². The number of aromatic amines is 1. The summed E-state index contributed by atoms with van der Waals surface area (Å²) in [5.74, 6) is -0.113. The Morgan fingerprint density at radius 3 is 2.83 bits per heavy atom. The number of amides is 1. The number of hydrogen-bond donors (Lipinski definition) is 2. The summed E-state index contributed by atoms with van der Waals surface area (Å²) in [4.78, 5) is 18.1. The van der Waals surface area contributed by atoms with Crippen molar-refractivity contribution >= 4 is 33.8 Å². The van der Waals surface area contributed by atoms with Crippen LogP contribution in [0.2, 0.25) is 0 Å². The first-order valence-electron chi connectivity index (χ1n) is 7.04. The van der Waals surface area contributed by atoms with E-state index in [1.807, 2.05) is 42.5 Å². The SMILES string of the molecule is O=C(Nc1ccc2[nH]ncc2c1)c1ccc(-c2ccncc2)s1. The quantitative estimate of drug-likeness (QED) is 0.600. The average Bonchev–Trinajstić information content (AvgIpc) is 3.24. The molecular formula is C17H12N4OS. The molecule has 1 aromatic carbocycles. The second-order valence-electron chi connectivity index (χ2n) is 5.03. The van der Waals surface area contributed by atoms with Crippen molar-refractivity contribution in [2.75, 3.05) is 5.32 Å². The fourth-order valence-corrected chi connectivity index (χ4v) is 3.25. The molecule has 23 heavy (non-hydrogen) atoms. The Kier molecular flexibility index (Phi) is 3.36. The number of hydrogen-bond acceptors (Lipinski definition) is 4. The molecule has 0 radical (unpaired) electrons. The molecule has 3 heterocycles. The average molecular weight is 320 g/mol. The van der Waals surface area contributed by atoms with Crippen molar-refractivity contribution in [1.82, 2.24) is 15.2 Å². The molecule has 5 nitrogen and oxygen atoms in total. The number of rotatable bonds is 3. The monoisotopic (exact) mass is 320 g/mol. The van der Waals surface area contributed by atoms with Crippen LogP contribution in [-0.2, 0) is 0 Å². The van der Waals surface area contributed by atoms with E-state index < -0.39 is 0 Å². The highest BCUT2D eigenvalue weighted by Gasteiger charge is 2.11. The van der Waals surface area contributed by atoms with E-state index in [2.05, 4.69) is 20.5 Å². The van der Waals surface area contributed by atoms with Gasteiger partial charge in [-0.15, -0.1) is 11.3 Å². The molecule has 0 aliphatic carbocycles. The fourth-order valence-electron chi connectivity index (χ4n) is 2.34. The number of nitrogens with zero attached hydrogens (tertiary/aromatic N) is 2. The minimum Gasteiger partial charge on any atom is -0.321 e. The Hall–Kier alpha value is -2.99. The highest BCUT2D eigenvalue weighted by atomic mass is 32.1. The molecule has 0 fully saturated rings. The number of anilines is 1. The van der Waals surface area contributed by atoms with Gasteiger partial charge in [-0.25, -0.2) is 0 Å². The third-order valence-electron chi connectivity index (χ3n) is 3.49. The zero-order valence-electron chi connectivity index (χ0n) is 12.0. The molecule has 0 aliphatic heterocycles. The van der Waals surface area contributed by atoms with Crippen LogP contribution in [0.25, 0.3) is 21.3 Å². The molecule has 0 bridgehead atoms. The Morgan fingerprint density at radius 1 is 1.09 bits per heavy atom. The zero-order valence-corrected chi connectivity index (χ0v) is 12.8. The van der Waals surface area contributed by atoms with E-state index in [0.717, 1.165) is 27.0 Å². The van der Waals surface area contributed by atoms with Gasteiger partial charge in [0, 0.05) is 28.3 Å². The number of fused-ring (bicyclic) bond motifs is 1. The van der Waals surface area contributed by atoms with E-state index in [1.165, 1.54) is 11.3 Å². The molecule has 0 spiro atoms. The Balaban J connectivity index is 1.56. The van der Waals surface area contributed by atoms with Gasteiger partial charge in [0.15, 0.2) is 0 Å². The Bertz CT molecular complexity index is 974. The molecule has 0 saturated heterocycles. The summed E-state index contributed by atoms with van der Waals surface area (Å²) in [6, 6.07) is 13.3. The Labute approximate surface area is 136 Å². The van der Waals surface area contributed by atoms with Gasteiger partial charge in [-0.05, 0) is 48.0 Å². The maximum absolute atomic E-state index is 12.4. The first-order chi connectivity index (χ1) is 11.3. The summed E-state index contributed by atoms with van der Waals surface area (Å²) < 4.78 is 0. The minimum absolute atomic E-state index is 0.113. The van der Waals surface area contributed by atoms with Crippen molar-refractivity contribution in [3.63, 3.8) is 0 Å². The Morgan fingerprint density at radius 2 is 1.96 bits per heavy atom. The number of pyridine rings is 1. The lowest BCUT2D eigenvalue weighted by Gasteiger charge is -2.03. The van der Waals surface area contributed by atoms with Crippen molar-refractivity contribution in [1.29, 1.82) is 0 Å². The van der Waals surface area contributed by atoms with E-state index in [0.29, 0.717) is 4.88 Å². The molecule has 0 aliphatic rings. The highest BCUT2D eigenvalue weighted by Crippen LogP contribution is 2.28. The largest absolute Gasteiger partial charge is 0.321 e. The lowest BCUT2D eigenvalue weighted by molar-refractivity contribution is 0.103. The molecule has 112 valence electrons. The van der Waals surface area contributed by atoms with Gasteiger partial charge in [-0.2, -0.15) is 5.10 Å². The highest BCUT2D eigenvalue weighted by molar-refractivity contribution is 7.17.